The number of rotatable bonds is 4. The number of amides is 1. The highest BCUT2D eigenvalue weighted by Crippen LogP contribution is 2.34. The van der Waals surface area contributed by atoms with E-state index in [0.29, 0.717) is 17.1 Å². The molecule has 1 amide bonds. The van der Waals surface area contributed by atoms with Crippen LogP contribution in [0.4, 0.5) is 0 Å². The molecule has 0 aliphatic heterocycles. The molecule has 8 heteroatoms. The van der Waals surface area contributed by atoms with Crippen LogP contribution >= 0.6 is 27.3 Å². The molecular formula is C25H21BrN4O2S. The summed E-state index contributed by atoms with van der Waals surface area (Å²) in [6, 6.07) is 14.5. The Balaban J connectivity index is 1.39. The zero-order valence-corrected chi connectivity index (χ0v) is 20.4. The summed E-state index contributed by atoms with van der Waals surface area (Å²) < 4.78 is 2.61. The maximum absolute atomic E-state index is 13.4. The van der Waals surface area contributed by atoms with E-state index in [1.807, 2.05) is 31.2 Å². The predicted molar refractivity (Wildman–Crippen MR) is 136 cm³/mol. The number of nitrogens with zero attached hydrogens (tertiary/aromatic N) is 3. The van der Waals surface area contributed by atoms with Crippen molar-refractivity contribution in [1.82, 2.24) is 15.0 Å². The second-order valence-corrected chi connectivity index (χ2v) is 9.99. The lowest BCUT2D eigenvalue weighted by Gasteiger charge is -2.12. The van der Waals surface area contributed by atoms with E-state index in [4.69, 9.17) is 4.98 Å². The molecule has 0 saturated heterocycles. The van der Waals surface area contributed by atoms with Gasteiger partial charge in [0.1, 0.15) is 10.7 Å². The Morgan fingerprint density at radius 3 is 2.61 bits per heavy atom. The van der Waals surface area contributed by atoms with Crippen molar-refractivity contribution in [2.24, 2.45) is 5.10 Å². The van der Waals surface area contributed by atoms with E-state index in [-0.39, 0.29) is 11.5 Å². The van der Waals surface area contributed by atoms with Crippen molar-refractivity contribution in [2.45, 2.75) is 32.6 Å². The lowest BCUT2D eigenvalue weighted by atomic mass is 9.97. The number of hydrazone groups is 1. The van der Waals surface area contributed by atoms with Crippen molar-refractivity contribution in [1.29, 1.82) is 0 Å². The Kier molecular flexibility index (Phi) is 5.95. The van der Waals surface area contributed by atoms with Crippen molar-refractivity contribution in [3.8, 4) is 5.69 Å². The molecule has 2 heterocycles. The summed E-state index contributed by atoms with van der Waals surface area (Å²) in [5.74, 6) is 0.321. The molecule has 166 valence electrons. The second-order valence-electron chi connectivity index (χ2n) is 7.99. The van der Waals surface area contributed by atoms with Gasteiger partial charge in [-0.05, 0) is 80.1 Å². The first-order valence-electron chi connectivity index (χ1n) is 10.7. The molecule has 1 N–H and O–H groups in total. The smallest absolute Gasteiger partial charge is 0.268 e. The van der Waals surface area contributed by atoms with Gasteiger partial charge < -0.3 is 0 Å². The van der Waals surface area contributed by atoms with Crippen molar-refractivity contribution in [2.75, 3.05) is 0 Å². The van der Waals surface area contributed by atoms with E-state index in [2.05, 4.69) is 26.5 Å². The predicted octanol–water partition coefficient (Wildman–Crippen LogP) is 5.16. The molecule has 0 atom stereocenters. The van der Waals surface area contributed by atoms with E-state index in [0.717, 1.165) is 39.5 Å². The minimum Gasteiger partial charge on any atom is -0.268 e. The van der Waals surface area contributed by atoms with Crippen LogP contribution in [0.3, 0.4) is 0 Å². The normalized spacial score (nSPS) is 13.4. The van der Waals surface area contributed by atoms with E-state index in [9.17, 15) is 9.59 Å². The summed E-state index contributed by atoms with van der Waals surface area (Å²) >= 11 is 5.04. The topological polar surface area (TPSA) is 76.3 Å². The van der Waals surface area contributed by atoms with Gasteiger partial charge in [0.15, 0.2) is 0 Å². The molecule has 2 aromatic carbocycles. The molecule has 1 aliphatic carbocycles. The van der Waals surface area contributed by atoms with Crippen molar-refractivity contribution >= 4 is 49.6 Å². The first kappa shape index (κ1) is 21.7. The number of carbonyl (C=O) groups is 1. The van der Waals surface area contributed by atoms with Crippen LogP contribution in [0.5, 0.6) is 0 Å². The van der Waals surface area contributed by atoms with Gasteiger partial charge in [-0.2, -0.15) is 5.10 Å². The molecule has 1 aliphatic rings. The van der Waals surface area contributed by atoms with Gasteiger partial charge in [0.2, 0.25) is 0 Å². The molecule has 33 heavy (non-hydrogen) atoms. The Morgan fingerprint density at radius 2 is 1.85 bits per heavy atom. The third-order valence-corrected chi connectivity index (χ3v) is 7.51. The monoisotopic (exact) mass is 520 g/mol. The van der Waals surface area contributed by atoms with Gasteiger partial charge in [-0.15, -0.1) is 11.3 Å². The zero-order chi connectivity index (χ0) is 22.9. The molecular weight excluding hydrogens is 500 g/mol. The molecule has 0 unspecified atom stereocenters. The molecule has 0 saturated carbocycles. The first-order chi connectivity index (χ1) is 16.0. The molecule has 5 rings (SSSR count). The van der Waals surface area contributed by atoms with Gasteiger partial charge in [0.25, 0.3) is 11.5 Å². The van der Waals surface area contributed by atoms with Crippen molar-refractivity contribution < 1.29 is 4.79 Å². The number of carbonyl (C=O) groups excluding carboxylic acids is 1. The number of hydrogen-bond donors (Lipinski definition) is 1. The average molecular weight is 521 g/mol. The van der Waals surface area contributed by atoms with Gasteiger partial charge >= 0.3 is 0 Å². The minimum atomic E-state index is -0.320. The highest BCUT2D eigenvalue weighted by molar-refractivity contribution is 9.10. The van der Waals surface area contributed by atoms with Gasteiger partial charge in [0, 0.05) is 14.9 Å². The Bertz CT molecular complexity index is 1440. The zero-order valence-electron chi connectivity index (χ0n) is 18.0. The van der Waals surface area contributed by atoms with E-state index < -0.39 is 0 Å². The number of hydrogen-bond acceptors (Lipinski definition) is 5. The van der Waals surface area contributed by atoms with E-state index in [1.165, 1.54) is 16.9 Å². The van der Waals surface area contributed by atoms with Gasteiger partial charge in [-0.1, -0.05) is 28.1 Å². The molecule has 0 radical (unpaired) electrons. The molecule has 4 aromatic rings. The lowest BCUT2D eigenvalue weighted by molar-refractivity contribution is 0.0955. The number of aryl methyl sites for hydroxylation is 3. The number of fused-ring (bicyclic) bond motifs is 3. The van der Waals surface area contributed by atoms with Gasteiger partial charge in [0.05, 0.1) is 17.3 Å². The summed E-state index contributed by atoms with van der Waals surface area (Å²) in [7, 11) is 0. The fourth-order valence-corrected chi connectivity index (χ4v) is 5.71. The van der Waals surface area contributed by atoms with Crippen LogP contribution in [-0.2, 0) is 12.8 Å². The fourth-order valence-electron chi connectivity index (χ4n) is 4.15. The third-order valence-electron chi connectivity index (χ3n) is 5.79. The maximum Gasteiger partial charge on any atom is 0.271 e. The van der Waals surface area contributed by atoms with Crippen LogP contribution in [0.1, 0.15) is 45.0 Å². The molecule has 0 fully saturated rings. The van der Waals surface area contributed by atoms with Crippen LogP contribution in [-0.4, -0.2) is 21.7 Å². The number of nitrogens with one attached hydrogen (secondary N) is 1. The minimum absolute atomic E-state index is 0.0341. The molecule has 0 spiro atoms. The fraction of sp³-hybridized carbons (Fsp3) is 0.200. The van der Waals surface area contributed by atoms with Crippen LogP contribution in [0, 0.1) is 6.92 Å². The molecule has 0 bridgehead atoms. The highest BCUT2D eigenvalue weighted by Gasteiger charge is 2.21. The second kappa shape index (κ2) is 9.03. The van der Waals surface area contributed by atoms with Crippen molar-refractivity contribution in [3.63, 3.8) is 0 Å². The summed E-state index contributed by atoms with van der Waals surface area (Å²) in [6.07, 6.45) is 5.84. The number of aromatic nitrogens is 2. The number of thiophene rings is 1. The summed E-state index contributed by atoms with van der Waals surface area (Å²) in [4.78, 5) is 32.7. The van der Waals surface area contributed by atoms with E-state index in [1.54, 1.807) is 46.4 Å². The van der Waals surface area contributed by atoms with Crippen LogP contribution in [0.25, 0.3) is 15.9 Å². The third kappa shape index (κ3) is 4.28. The summed E-state index contributed by atoms with van der Waals surface area (Å²) in [6.45, 7) is 1.84. The summed E-state index contributed by atoms with van der Waals surface area (Å²) in [5.41, 5.74) is 5.70. The number of benzene rings is 2. The highest BCUT2D eigenvalue weighted by atomic mass is 79.9. The standard InChI is InChI=1S/C25H21BrN4O2S/c1-15-28-24-22(20-4-2-3-5-21(20)33-24)25(32)30(15)19-12-8-17(9-13-19)23(31)29-27-14-16-6-10-18(26)11-7-16/h6-14H,2-5H2,1H3,(H,29,31)/b27-14-. The quantitative estimate of drug-likeness (QED) is 0.298. The average Bonchev–Trinajstić information content (AvgIpc) is 3.19. The largest absolute Gasteiger partial charge is 0.271 e. The molecule has 6 nitrogen and oxygen atoms in total. The summed E-state index contributed by atoms with van der Waals surface area (Å²) in [5, 5.41) is 4.78. The number of halogens is 1. The molecule has 2 aromatic heterocycles. The van der Waals surface area contributed by atoms with Crippen molar-refractivity contribution in [3.05, 3.63) is 90.7 Å². The van der Waals surface area contributed by atoms with Crippen LogP contribution < -0.4 is 11.0 Å². The SMILES string of the molecule is Cc1nc2sc3c(c2c(=O)n1-c1ccc(C(=O)N/N=C\c2ccc(Br)cc2)cc1)CCCC3. The first-order valence-corrected chi connectivity index (χ1v) is 12.4. The Labute approximate surface area is 203 Å². The Hall–Kier alpha value is -3.10. The van der Waals surface area contributed by atoms with Gasteiger partial charge in [-0.3, -0.25) is 14.2 Å². The lowest BCUT2D eigenvalue weighted by Crippen LogP contribution is -2.23. The van der Waals surface area contributed by atoms with Crippen LogP contribution in [0.15, 0.2) is 62.9 Å². The Morgan fingerprint density at radius 1 is 1.12 bits per heavy atom. The van der Waals surface area contributed by atoms with Crippen LogP contribution in [0.2, 0.25) is 0 Å². The van der Waals surface area contributed by atoms with Gasteiger partial charge in [-0.25, -0.2) is 10.4 Å². The maximum atomic E-state index is 13.4. The van der Waals surface area contributed by atoms with E-state index >= 15 is 0 Å².